The Labute approximate surface area is 257 Å². The quantitative estimate of drug-likeness (QED) is 0.218. The Kier molecular flexibility index (Phi) is 6.71. The molecule has 8 rings (SSSR count). The highest BCUT2D eigenvalue weighted by atomic mass is 15.3. The highest BCUT2D eigenvalue weighted by Crippen LogP contribution is 2.31. The zero-order valence-electron chi connectivity index (χ0n) is 24.2. The molecule has 1 aliphatic heterocycles. The van der Waals surface area contributed by atoms with Gasteiger partial charge in [0.2, 0.25) is 0 Å². The molecule has 1 aliphatic rings. The van der Waals surface area contributed by atoms with E-state index in [0.717, 1.165) is 22.5 Å². The molecule has 2 atom stereocenters. The van der Waals surface area contributed by atoms with Gasteiger partial charge in [-0.2, -0.15) is 0 Å². The largest absolute Gasteiger partial charge is 0.350 e. The Balaban J connectivity index is 1.15. The second kappa shape index (κ2) is 11.3. The Morgan fingerprint density at radius 3 is 1.73 bits per heavy atom. The number of fused-ring (bicyclic) bond motifs is 2. The number of amidine groups is 1. The van der Waals surface area contributed by atoms with E-state index in [1.165, 1.54) is 43.8 Å². The molecule has 0 amide bonds. The molecule has 0 radical (unpaired) electrons. The van der Waals surface area contributed by atoms with Crippen molar-refractivity contribution in [2.45, 2.75) is 12.3 Å². The fraction of sp³-hybridized carbons (Fsp3) is 0.0488. The maximum absolute atomic E-state index is 5.22. The summed E-state index contributed by atoms with van der Waals surface area (Å²) in [7, 11) is 0. The molecule has 0 bridgehead atoms. The van der Waals surface area contributed by atoms with Crippen LogP contribution in [0.15, 0.2) is 169 Å². The van der Waals surface area contributed by atoms with Crippen LogP contribution in [0.2, 0.25) is 0 Å². The molecule has 0 spiro atoms. The number of rotatable bonds is 5. The summed E-state index contributed by atoms with van der Waals surface area (Å²) < 4.78 is 0. The third-order valence-corrected chi connectivity index (χ3v) is 8.50. The van der Waals surface area contributed by atoms with Gasteiger partial charge in [0.15, 0.2) is 0 Å². The summed E-state index contributed by atoms with van der Waals surface area (Å²) >= 11 is 0. The van der Waals surface area contributed by atoms with Crippen LogP contribution in [0.3, 0.4) is 0 Å². The maximum atomic E-state index is 5.22. The summed E-state index contributed by atoms with van der Waals surface area (Å²) in [6, 6.07) is 58.3. The van der Waals surface area contributed by atoms with Gasteiger partial charge in [0.05, 0.1) is 0 Å². The predicted octanol–water partition coefficient (Wildman–Crippen LogP) is 9.66. The van der Waals surface area contributed by atoms with Crippen molar-refractivity contribution in [2.75, 3.05) is 0 Å². The second-order valence-electron chi connectivity index (χ2n) is 11.4. The number of nitrogens with one attached hydrogen (secondary N) is 2. The molecule has 2 N–H and O–H groups in total. The van der Waals surface area contributed by atoms with Gasteiger partial charge in [0.1, 0.15) is 18.2 Å². The topological polar surface area (TPSA) is 36.4 Å². The van der Waals surface area contributed by atoms with Crippen LogP contribution in [0.25, 0.3) is 43.8 Å². The van der Waals surface area contributed by atoms with E-state index >= 15 is 0 Å². The molecule has 0 saturated carbocycles. The Morgan fingerprint density at radius 1 is 0.386 bits per heavy atom. The molecule has 210 valence electrons. The van der Waals surface area contributed by atoms with E-state index in [-0.39, 0.29) is 12.3 Å². The summed E-state index contributed by atoms with van der Waals surface area (Å²) in [6.45, 7) is 0. The Bertz CT molecular complexity index is 2130. The minimum Gasteiger partial charge on any atom is -0.350 e. The van der Waals surface area contributed by atoms with Crippen molar-refractivity contribution in [3.63, 3.8) is 0 Å². The van der Waals surface area contributed by atoms with Gasteiger partial charge < -0.3 is 5.32 Å². The van der Waals surface area contributed by atoms with Gasteiger partial charge in [-0.25, -0.2) is 4.99 Å². The lowest BCUT2D eigenvalue weighted by molar-refractivity contribution is 0.409. The van der Waals surface area contributed by atoms with Gasteiger partial charge in [-0.1, -0.05) is 140 Å². The van der Waals surface area contributed by atoms with Crippen molar-refractivity contribution >= 4 is 27.4 Å². The van der Waals surface area contributed by atoms with E-state index in [9.17, 15) is 0 Å². The lowest BCUT2D eigenvalue weighted by atomic mass is 9.96. The molecule has 1 heterocycles. The average molecular weight is 566 g/mol. The number of nitrogens with zero attached hydrogens (tertiary/aromatic N) is 1. The third-order valence-electron chi connectivity index (χ3n) is 8.50. The molecular formula is C41H31N3. The normalized spacial score (nSPS) is 16.4. The van der Waals surface area contributed by atoms with Crippen molar-refractivity contribution in [1.29, 1.82) is 0 Å². The van der Waals surface area contributed by atoms with Crippen LogP contribution in [-0.2, 0) is 0 Å². The predicted molar refractivity (Wildman–Crippen MR) is 184 cm³/mol. The van der Waals surface area contributed by atoms with E-state index in [1.54, 1.807) is 0 Å². The average Bonchev–Trinajstić information content (AvgIpc) is 3.11. The lowest BCUT2D eigenvalue weighted by Gasteiger charge is -2.32. The Morgan fingerprint density at radius 2 is 0.955 bits per heavy atom. The minimum atomic E-state index is -0.191. The zero-order chi connectivity index (χ0) is 29.3. The van der Waals surface area contributed by atoms with Gasteiger partial charge in [-0.05, 0) is 79.2 Å². The maximum Gasteiger partial charge on any atom is 0.131 e. The van der Waals surface area contributed by atoms with Crippen LogP contribution in [0.5, 0.6) is 0 Å². The van der Waals surface area contributed by atoms with Crippen LogP contribution in [0.4, 0.5) is 0 Å². The number of aliphatic imine (C=N–C) groups is 1. The van der Waals surface area contributed by atoms with E-state index in [2.05, 4.69) is 174 Å². The van der Waals surface area contributed by atoms with Crippen LogP contribution < -0.4 is 10.6 Å². The molecular weight excluding hydrogens is 534 g/mol. The summed E-state index contributed by atoms with van der Waals surface area (Å²) in [5.41, 5.74) is 8.20. The number of benzene rings is 7. The van der Waals surface area contributed by atoms with E-state index in [4.69, 9.17) is 4.99 Å². The third kappa shape index (κ3) is 5.15. The van der Waals surface area contributed by atoms with Gasteiger partial charge in [0, 0.05) is 5.56 Å². The van der Waals surface area contributed by atoms with Gasteiger partial charge in [-0.3, -0.25) is 5.32 Å². The first kappa shape index (κ1) is 26.1. The first-order valence-corrected chi connectivity index (χ1v) is 15.1. The highest BCUT2D eigenvalue weighted by molar-refractivity contribution is 6.01. The minimum absolute atomic E-state index is 0.0803. The monoisotopic (exact) mass is 565 g/mol. The van der Waals surface area contributed by atoms with Crippen molar-refractivity contribution in [2.24, 2.45) is 4.99 Å². The second-order valence-corrected chi connectivity index (χ2v) is 11.4. The molecule has 3 heteroatoms. The van der Waals surface area contributed by atoms with Crippen molar-refractivity contribution in [3.05, 3.63) is 180 Å². The zero-order valence-corrected chi connectivity index (χ0v) is 24.2. The summed E-state index contributed by atoms with van der Waals surface area (Å²) in [6.07, 6.45) is -0.271. The van der Waals surface area contributed by atoms with Crippen LogP contribution >= 0.6 is 0 Å². The summed E-state index contributed by atoms with van der Waals surface area (Å²) in [5.74, 6) is 0.880. The summed E-state index contributed by atoms with van der Waals surface area (Å²) in [5, 5.41) is 12.3. The lowest BCUT2D eigenvalue weighted by Crippen LogP contribution is -2.44. The molecule has 0 aromatic heterocycles. The van der Waals surface area contributed by atoms with Crippen molar-refractivity contribution in [1.82, 2.24) is 10.6 Å². The molecule has 0 aliphatic carbocycles. The fourth-order valence-electron chi connectivity index (χ4n) is 6.15. The van der Waals surface area contributed by atoms with Crippen LogP contribution in [0.1, 0.15) is 29.0 Å². The molecule has 0 fully saturated rings. The smallest absolute Gasteiger partial charge is 0.131 e. The SMILES string of the molecule is c1ccc(-c2ccc3cc(-c4cccc(C5=NC(c6ccc7ccccc7c6)NC(c6ccccc6)N5)c4)ccc3c2)cc1. The molecule has 7 aromatic rings. The highest BCUT2D eigenvalue weighted by Gasteiger charge is 2.25. The van der Waals surface area contributed by atoms with E-state index < -0.39 is 0 Å². The fourth-order valence-corrected chi connectivity index (χ4v) is 6.15. The molecule has 44 heavy (non-hydrogen) atoms. The van der Waals surface area contributed by atoms with Gasteiger partial charge in [-0.15, -0.1) is 0 Å². The first-order valence-electron chi connectivity index (χ1n) is 15.1. The molecule has 3 nitrogen and oxygen atoms in total. The standard InChI is InChI=1S/C41H31N3/c1-3-10-28(11-4-1)33-19-20-36-25-34(21-22-35(36)24-33)32-16-9-17-37(27-32)40-42-39(30-13-5-2-6-14-30)43-41(44-40)38-23-18-29-12-7-8-15-31(29)26-38/h1-27,39,41,43H,(H,42,44). The first-order chi connectivity index (χ1) is 21.8. The van der Waals surface area contributed by atoms with Gasteiger partial charge >= 0.3 is 0 Å². The van der Waals surface area contributed by atoms with Crippen LogP contribution in [0, 0.1) is 0 Å². The Hall–Kier alpha value is -5.51. The van der Waals surface area contributed by atoms with E-state index in [0.29, 0.717) is 0 Å². The van der Waals surface area contributed by atoms with E-state index in [1.807, 2.05) is 0 Å². The number of hydrogen-bond donors (Lipinski definition) is 2. The number of hydrogen-bond acceptors (Lipinski definition) is 3. The van der Waals surface area contributed by atoms with Gasteiger partial charge in [0.25, 0.3) is 0 Å². The van der Waals surface area contributed by atoms with Crippen molar-refractivity contribution < 1.29 is 0 Å². The summed E-state index contributed by atoms with van der Waals surface area (Å²) in [4.78, 5) is 5.22. The molecule has 7 aromatic carbocycles. The molecule has 0 saturated heterocycles. The van der Waals surface area contributed by atoms with Crippen LogP contribution in [-0.4, -0.2) is 5.84 Å². The van der Waals surface area contributed by atoms with Crippen molar-refractivity contribution in [3.8, 4) is 22.3 Å². The molecule has 2 unspecified atom stereocenters.